The van der Waals surface area contributed by atoms with E-state index in [2.05, 4.69) is 32.2 Å². The van der Waals surface area contributed by atoms with Crippen LogP contribution < -0.4 is 5.32 Å². The third kappa shape index (κ3) is 5.53. The molecule has 230 valence electrons. The SMILES string of the molecule is C[C@H](/C=C/[C@@H](C)[C@@H](C)C(=O)NCCS(=O)(=O)O)[C@H]1C[C@H](O)[C@H]2[C@@H]3C[C@@H](O)[C@@]4(O)C[C@@H](O)CC[C@]4(C)[C@H]3CC[C@@]21C. The molecule has 4 fully saturated rings. The van der Waals surface area contributed by atoms with Gasteiger partial charge in [-0.2, -0.15) is 8.42 Å². The predicted molar refractivity (Wildman–Crippen MR) is 152 cm³/mol. The zero-order chi connectivity index (χ0) is 29.8. The van der Waals surface area contributed by atoms with E-state index in [1.54, 1.807) is 6.92 Å². The molecule has 1 amide bonds. The first-order chi connectivity index (χ1) is 18.4. The fourth-order valence-electron chi connectivity index (χ4n) is 9.54. The lowest BCUT2D eigenvalue weighted by Crippen LogP contribution is -2.69. The minimum atomic E-state index is -4.13. The van der Waals surface area contributed by atoms with Gasteiger partial charge in [0, 0.05) is 24.3 Å². The van der Waals surface area contributed by atoms with E-state index in [1.165, 1.54) is 0 Å². The fourth-order valence-corrected chi connectivity index (χ4v) is 9.90. The summed E-state index contributed by atoms with van der Waals surface area (Å²) in [4.78, 5) is 12.5. The second-order valence-electron chi connectivity index (χ2n) is 14.2. The van der Waals surface area contributed by atoms with Gasteiger partial charge >= 0.3 is 0 Å². The Labute approximate surface area is 239 Å². The lowest BCUT2D eigenvalue weighted by atomic mass is 9.42. The molecule has 40 heavy (non-hydrogen) atoms. The maximum Gasteiger partial charge on any atom is 0.266 e. The zero-order valence-corrected chi connectivity index (χ0v) is 25.5. The Morgan fingerprint density at radius 3 is 2.38 bits per heavy atom. The van der Waals surface area contributed by atoms with Crippen LogP contribution in [0.4, 0.5) is 0 Å². The minimum Gasteiger partial charge on any atom is -0.393 e. The summed E-state index contributed by atoms with van der Waals surface area (Å²) in [6.45, 7) is 10.1. The van der Waals surface area contributed by atoms with Crippen LogP contribution in [0.2, 0.25) is 0 Å². The largest absolute Gasteiger partial charge is 0.393 e. The molecule has 9 nitrogen and oxygen atoms in total. The third-order valence-corrected chi connectivity index (χ3v) is 12.8. The number of aliphatic hydroxyl groups excluding tert-OH is 3. The third-order valence-electron chi connectivity index (χ3n) is 12.1. The summed E-state index contributed by atoms with van der Waals surface area (Å²) in [6.07, 6.45) is 6.64. The molecule has 4 rings (SSSR count). The van der Waals surface area contributed by atoms with Crippen LogP contribution in [0, 0.1) is 52.3 Å². The van der Waals surface area contributed by atoms with Crippen molar-refractivity contribution in [1.82, 2.24) is 5.32 Å². The van der Waals surface area contributed by atoms with Gasteiger partial charge in [0.15, 0.2) is 0 Å². The summed E-state index contributed by atoms with van der Waals surface area (Å²) in [5.41, 5.74) is -1.91. The summed E-state index contributed by atoms with van der Waals surface area (Å²) in [5, 5.41) is 47.3. The van der Waals surface area contributed by atoms with Crippen molar-refractivity contribution in [3.05, 3.63) is 12.2 Å². The molecule has 0 aromatic rings. The number of hydrogen-bond acceptors (Lipinski definition) is 7. The molecule has 13 atom stereocenters. The molecule has 0 spiro atoms. The van der Waals surface area contributed by atoms with Crippen LogP contribution in [0.15, 0.2) is 12.2 Å². The Morgan fingerprint density at radius 1 is 1.05 bits per heavy atom. The van der Waals surface area contributed by atoms with Crippen LogP contribution in [0.1, 0.15) is 79.6 Å². The highest BCUT2D eigenvalue weighted by Crippen LogP contribution is 2.69. The average molecular weight is 586 g/mol. The summed E-state index contributed by atoms with van der Waals surface area (Å²) in [7, 11) is -4.13. The summed E-state index contributed by atoms with van der Waals surface area (Å²) >= 11 is 0. The highest BCUT2D eigenvalue weighted by atomic mass is 32.2. The summed E-state index contributed by atoms with van der Waals surface area (Å²) in [5.74, 6) is -0.549. The number of aliphatic hydroxyl groups is 4. The van der Waals surface area contributed by atoms with Crippen molar-refractivity contribution in [2.75, 3.05) is 12.3 Å². The molecule has 0 bridgehead atoms. The molecule has 0 heterocycles. The van der Waals surface area contributed by atoms with E-state index in [9.17, 15) is 33.6 Å². The van der Waals surface area contributed by atoms with E-state index < -0.39 is 45.2 Å². The molecular formula is C30H51NO8S. The van der Waals surface area contributed by atoms with Crippen molar-refractivity contribution < 1.29 is 38.2 Å². The van der Waals surface area contributed by atoms with E-state index >= 15 is 0 Å². The van der Waals surface area contributed by atoms with Gasteiger partial charge in [-0.15, -0.1) is 0 Å². The molecule has 10 heteroatoms. The molecule has 0 aromatic heterocycles. The highest BCUT2D eigenvalue weighted by Gasteiger charge is 2.68. The lowest BCUT2D eigenvalue weighted by Gasteiger charge is -2.65. The van der Waals surface area contributed by atoms with Gasteiger partial charge in [0.1, 0.15) is 0 Å². The normalized spacial score (nSPS) is 45.7. The molecule has 0 aliphatic heterocycles. The van der Waals surface area contributed by atoms with Crippen LogP contribution in [0.5, 0.6) is 0 Å². The van der Waals surface area contributed by atoms with Gasteiger partial charge in [-0.3, -0.25) is 9.35 Å². The number of fused-ring (bicyclic) bond motifs is 5. The minimum absolute atomic E-state index is 0.0277. The molecule has 6 N–H and O–H groups in total. The van der Waals surface area contributed by atoms with Crippen LogP contribution in [-0.2, 0) is 14.9 Å². The number of amides is 1. The smallest absolute Gasteiger partial charge is 0.266 e. The zero-order valence-electron chi connectivity index (χ0n) is 24.7. The van der Waals surface area contributed by atoms with Gasteiger partial charge in [-0.1, -0.05) is 46.8 Å². The van der Waals surface area contributed by atoms with Crippen molar-refractivity contribution in [3.63, 3.8) is 0 Å². The van der Waals surface area contributed by atoms with Crippen molar-refractivity contribution in [2.45, 2.75) is 103 Å². The second-order valence-corrected chi connectivity index (χ2v) is 15.8. The average Bonchev–Trinajstić information content (AvgIpc) is 3.13. The Kier molecular flexibility index (Phi) is 8.95. The monoisotopic (exact) mass is 585 g/mol. The van der Waals surface area contributed by atoms with Gasteiger partial charge in [-0.05, 0) is 79.4 Å². The molecule has 4 aliphatic carbocycles. The maximum atomic E-state index is 12.5. The molecular weight excluding hydrogens is 534 g/mol. The Bertz CT molecular complexity index is 1080. The van der Waals surface area contributed by atoms with E-state index in [-0.39, 0.29) is 65.7 Å². The van der Waals surface area contributed by atoms with Crippen LogP contribution in [-0.4, -0.2) is 75.5 Å². The Balaban J connectivity index is 1.45. The van der Waals surface area contributed by atoms with E-state index in [0.717, 1.165) is 12.8 Å². The molecule has 4 aliphatic rings. The quantitative estimate of drug-likeness (QED) is 0.187. The van der Waals surface area contributed by atoms with Crippen molar-refractivity contribution in [1.29, 1.82) is 0 Å². The van der Waals surface area contributed by atoms with Crippen molar-refractivity contribution in [2.24, 2.45) is 52.3 Å². The molecule has 4 saturated carbocycles. The van der Waals surface area contributed by atoms with Crippen LogP contribution in [0.25, 0.3) is 0 Å². The van der Waals surface area contributed by atoms with Gasteiger partial charge < -0.3 is 25.7 Å². The predicted octanol–water partition coefficient (Wildman–Crippen LogP) is 2.53. The van der Waals surface area contributed by atoms with E-state index in [1.807, 2.05) is 13.0 Å². The maximum absolute atomic E-state index is 12.5. The number of allylic oxidation sites excluding steroid dienone is 2. The highest BCUT2D eigenvalue weighted by molar-refractivity contribution is 7.85. The second kappa shape index (κ2) is 11.2. The van der Waals surface area contributed by atoms with Gasteiger partial charge in [0.25, 0.3) is 10.1 Å². The van der Waals surface area contributed by atoms with Gasteiger partial charge in [0.2, 0.25) is 5.91 Å². The van der Waals surface area contributed by atoms with Gasteiger partial charge in [-0.25, -0.2) is 0 Å². The van der Waals surface area contributed by atoms with Crippen molar-refractivity contribution >= 4 is 16.0 Å². The van der Waals surface area contributed by atoms with Crippen LogP contribution >= 0.6 is 0 Å². The Hall–Kier alpha value is -1.04. The molecule has 0 radical (unpaired) electrons. The molecule has 0 aromatic carbocycles. The van der Waals surface area contributed by atoms with Crippen LogP contribution in [0.3, 0.4) is 0 Å². The van der Waals surface area contributed by atoms with Crippen molar-refractivity contribution in [3.8, 4) is 0 Å². The first kappa shape index (κ1) is 31.9. The number of rotatable bonds is 8. The standard InChI is InChI=1S/C30H51NO8S/c1-17(19(3)27(35)31-12-13-40(37,38)39)6-7-18(2)23-15-24(33)26-21-14-25(34)30(36)16-20(32)8-11-29(30,5)22(21)9-10-28(23,26)4/h6-7,17-26,32-34,36H,8-16H2,1-5H3,(H,31,35)(H,37,38,39)/b7-6+/t17-,18-,19-,20+,21-,22+,23-,24+,25-,26-,28-,29-,30+/m1/s1. The summed E-state index contributed by atoms with van der Waals surface area (Å²) < 4.78 is 30.7. The first-order valence-corrected chi connectivity index (χ1v) is 16.7. The molecule has 0 saturated heterocycles. The van der Waals surface area contributed by atoms with Gasteiger partial charge in [0.05, 0.1) is 29.7 Å². The lowest BCUT2D eigenvalue weighted by molar-refractivity contribution is -0.268. The number of nitrogens with one attached hydrogen (secondary N) is 1. The number of carbonyl (C=O) groups is 1. The Morgan fingerprint density at radius 2 is 1.73 bits per heavy atom. The number of carbonyl (C=O) groups excluding carboxylic acids is 1. The topological polar surface area (TPSA) is 164 Å². The first-order valence-electron chi connectivity index (χ1n) is 15.1. The van der Waals surface area contributed by atoms with E-state index in [4.69, 9.17) is 4.55 Å². The molecule has 0 unspecified atom stereocenters. The summed E-state index contributed by atoms with van der Waals surface area (Å²) in [6, 6.07) is 0. The van der Waals surface area contributed by atoms with E-state index in [0.29, 0.717) is 25.7 Å². The fraction of sp³-hybridized carbons (Fsp3) is 0.900. The number of hydrogen-bond donors (Lipinski definition) is 6.